The first-order valence-electron chi connectivity index (χ1n) is 7.87. The van der Waals surface area contributed by atoms with E-state index in [1.54, 1.807) is 6.20 Å². The lowest BCUT2D eigenvalue weighted by atomic mass is 10.1. The van der Waals surface area contributed by atoms with E-state index < -0.39 is 11.7 Å². The molecule has 0 atom stereocenters. The summed E-state index contributed by atoms with van der Waals surface area (Å²) in [6.07, 6.45) is -2.81. The molecule has 0 spiro atoms. The fourth-order valence-electron chi connectivity index (χ4n) is 2.46. The Balaban J connectivity index is 1.54. The van der Waals surface area contributed by atoms with Crippen molar-refractivity contribution >= 4 is 16.7 Å². The quantitative estimate of drug-likeness (QED) is 0.698. The predicted molar refractivity (Wildman–Crippen MR) is 91.0 cm³/mol. The maximum atomic E-state index is 12.5. The molecule has 3 aromatic rings. The van der Waals surface area contributed by atoms with Gasteiger partial charge in [-0.05, 0) is 35.7 Å². The second-order valence-electron chi connectivity index (χ2n) is 5.51. The Kier molecular flexibility index (Phi) is 5.06. The molecule has 1 N–H and O–H groups in total. The van der Waals surface area contributed by atoms with Gasteiger partial charge in [-0.2, -0.15) is 13.2 Å². The van der Waals surface area contributed by atoms with Crippen molar-refractivity contribution in [3.63, 3.8) is 0 Å². The number of ether oxygens (including phenoxy) is 1. The number of amides is 1. The Morgan fingerprint density at radius 3 is 2.50 bits per heavy atom. The van der Waals surface area contributed by atoms with Gasteiger partial charge in [-0.1, -0.05) is 24.3 Å². The highest BCUT2D eigenvalue weighted by Crippen LogP contribution is 2.30. The number of benzene rings is 2. The molecule has 7 heteroatoms. The standard InChI is InChI=1S/C19H15F3N2O2/c20-19(21,22)14-5-7-15(8-6-14)26-12-11-24-18(25)17-16-4-2-1-3-13(16)9-10-23-17/h1-10H,11-12H2,(H,24,25). The number of aromatic nitrogens is 1. The minimum atomic E-state index is -4.38. The summed E-state index contributed by atoms with van der Waals surface area (Å²) in [5, 5.41) is 4.35. The highest BCUT2D eigenvalue weighted by molar-refractivity contribution is 6.05. The molecule has 2 aromatic carbocycles. The fraction of sp³-hybridized carbons (Fsp3) is 0.158. The molecule has 0 radical (unpaired) electrons. The van der Waals surface area contributed by atoms with E-state index in [1.807, 2.05) is 30.3 Å². The highest BCUT2D eigenvalue weighted by atomic mass is 19.4. The Hall–Kier alpha value is -3.09. The summed E-state index contributed by atoms with van der Waals surface area (Å²) in [6, 6.07) is 13.6. The number of nitrogens with zero attached hydrogens (tertiary/aromatic N) is 1. The van der Waals surface area contributed by atoms with Crippen molar-refractivity contribution in [2.75, 3.05) is 13.2 Å². The zero-order valence-corrected chi connectivity index (χ0v) is 13.6. The SMILES string of the molecule is O=C(NCCOc1ccc(C(F)(F)F)cc1)c1nccc2ccccc12. The third-order valence-electron chi connectivity index (χ3n) is 3.73. The van der Waals surface area contributed by atoms with E-state index in [-0.39, 0.29) is 19.1 Å². The van der Waals surface area contributed by atoms with Crippen LogP contribution in [0.2, 0.25) is 0 Å². The molecule has 0 fully saturated rings. The molecule has 0 bridgehead atoms. The van der Waals surface area contributed by atoms with Crippen LogP contribution in [0.5, 0.6) is 5.75 Å². The van der Waals surface area contributed by atoms with Crippen LogP contribution in [0.3, 0.4) is 0 Å². The van der Waals surface area contributed by atoms with E-state index in [4.69, 9.17) is 4.74 Å². The lowest BCUT2D eigenvalue weighted by Gasteiger charge is -2.10. The van der Waals surface area contributed by atoms with Crippen LogP contribution in [-0.4, -0.2) is 24.0 Å². The van der Waals surface area contributed by atoms with Crippen molar-refractivity contribution in [1.29, 1.82) is 0 Å². The van der Waals surface area contributed by atoms with Gasteiger partial charge in [-0.3, -0.25) is 9.78 Å². The normalized spacial score (nSPS) is 11.3. The first-order valence-corrected chi connectivity index (χ1v) is 7.87. The Morgan fingerprint density at radius 1 is 1.04 bits per heavy atom. The van der Waals surface area contributed by atoms with Gasteiger partial charge in [0.25, 0.3) is 5.91 Å². The minimum absolute atomic E-state index is 0.127. The van der Waals surface area contributed by atoms with Gasteiger partial charge in [0.2, 0.25) is 0 Å². The Bertz CT molecular complexity index is 903. The van der Waals surface area contributed by atoms with E-state index in [1.165, 1.54) is 12.1 Å². The molecular formula is C19H15F3N2O2. The number of hydrogen-bond donors (Lipinski definition) is 1. The number of rotatable bonds is 5. The number of fused-ring (bicyclic) bond motifs is 1. The molecule has 0 saturated carbocycles. The van der Waals surface area contributed by atoms with E-state index >= 15 is 0 Å². The zero-order valence-electron chi connectivity index (χ0n) is 13.6. The van der Waals surface area contributed by atoms with Gasteiger partial charge >= 0.3 is 6.18 Å². The van der Waals surface area contributed by atoms with Crippen molar-refractivity contribution < 1.29 is 22.7 Å². The first kappa shape index (κ1) is 17.7. The van der Waals surface area contributed by atoms with Crippen LogP contribution in [0.1, 0.15) is 16.1 Å². The molecule has 0 aliphatic heterocycles. The van der Waals surface area contributed by atoms with Crippen molar-refractivity contribution in [3.8, 4) is 5.75 Å². The van der Waals surface area contributed by atoms with Crippen molar-refractivity contribution in [1.82, 2.24) is 10.3 Å². The summed E-state index contributed by atoms with van der Waals surface area (Å²) < 4.78 is 42.8. The number of nitrogens with one attached hydrogen (secondary N) is 1. The molecule has 0 saturated heterocycles. The van der Waals surface area contributed by atoms with Gasteiger partial charge in [0.15, 0.2) is 0 Å². The molecule has 4 nitrogen and oxygen atoms in total. The monoisotopic (exact) mass is 360 g/mol. The van der Waals surface area contributed by atoms with Crippen LogP contribution in [-0.2, 0) is 6.18 Å². The molecule has 3 rings (SSSR count). The van der Waals surface area contributed by atoms with Gasteiger partial charge in [0, 0.05) is 11.6 Å². The van der Waals surface area contributed by atoms with Gasteiger partial charge in [-0.15, -0.1) is 0 Å². The summed E-state index contributed by atoms with van der Waals surface area (Å²) in [6.45, 7) is 0.326. The zero-order chi connectivity index (χ0) is 18.6. The third-order valence-corrected chi connectivity index (χ3v) is 3.73. The van der Waals surface area contributed by atoms with Crippen LogP contribution in [0.4, 0.5) is 13.2 Å². The number of halogens is 3. The summed E-state index contributed by atoms with van der Waals surface area (Å²) in [5.41, 5.74) is -0.419. The molecule has 1 heterocycles. The highest BCUT2D eigenvalue weighted by Gasteiger charge is 2.29. The van der Waals surface area contributed by atoms with Gasteiger partial charge in [0.1, 0.15) is 18.1 Å². The van der Waals surface area contributed by atoms with E-state index in [9.17, 15) is 18.0 Å². The summed E-state index contributed by atoms with van der Waals surface area (Å²) >= 11 is 0. The van der Waals surface area contributed by atoms with Gasteiger partial charge in [0.05, 0.1) is 12.1 Å². The van der Waals surface area contributed by atoms with Crippen molar-refractivity contribution in [2.45, 2.75) is 6.18 Å². The first-order chi connectivity index (χ1) is 12.4. The third kappa shape index (κ3) is 4.11. The fourth-order valence-corrected chi connectivity index (χ4v) is 2.46. The van der Waals surface area contributed by atoms with Gasteiger partial charge < -0.3 is 10.1 Å². The molecule has 0 aliphatic carbocycles. The minimum Gasteiger partial charge on any atom is -0.492 e. The molecule has 26 heavy (non-hydrogen) atoms. The summed E-state index contributed by atoms with van der Waals surface area (Å²) in [5.74, 6) is -0.0339. The van der Waals surface area contributed by atoms with E-state index in [0.29, 0.717) is 11.4 Å². The Morgan fingerprint density at radius 2 is 1.77 bits per heavy atom. The summed E-state index contributed by atoms with van der Waals surface area (Å²) in [4.78, 5) is 16.4. The van der Waals surface area contributed by atoms with E-state index in [2.05, 4.69) is 10.3 Å². The van der Waals surface area contributed by atoms with Crippen molar-refractivity contribution in [3.05, 3.63) is 72.1 Å². The van der Waals surface area contributed by atoms with Crippen LogP contribution in [0.15, 0.2) is 60.8 Å². The Labute approximate surface area is 147 Å². The number of hydrogen-bond acceptors (Lipinski definition) is 3. The van der Waals surface area contributed by atoms with E-state index in [0.717, 1.165) is 22.9 Å². The average molecular weight is 360 g/mol. The van der Waals surface area contributed by atoms with Crippen LogP contribution >= 0.6 is 0 Å². The average Bonchev–Trinajstić information content (AvgIpc) is 2.64. The lowest BCUT2D eigenvalue weighted by Crippen LogP contribution is -2.29. The molecule has 0 unspecified atom stereocenters. The second kappa shape index (κ2) is 7.43. The largest absolute Gasteiger partial charge is 0.492 e. The molecule has 1 amide bonds. The number of carbonyl (C=O) groups excluding carboxylic acids is 1. The lowest BCUT2D eigenvalue weighted by molar-refractivity contribution is -0.137. The maximum Gasteiger partial charge on any atom is 0.416 e. The molecule has 1 aromatic heterocycles. The topological polar surface area (TPSA) is 51.2 Å². The smallest absolute Gasteiger partial charge is 0.416 e. The van der Waals surface area contributed by atoms with Crippen molar-refractivity contribution in [2.24, 2.45) is 0 Å². The predicted octanol–water partition coefficient (Wildman–Crippen LogP) is 4.06. The summed E-state index contributed by atoms with van der Waals surface area (Å²) in [7, 11) is 0. The molecule has 0 aliphatic rings. The number of carbonyl (C=O) groups is 1. The maximum absolute atomic E-state index is 12.5. The van der Waals surface area contributed by atoms with Crippen LogP contribution in [0.25, 0.3) is 10.8 Å². The van der Waals surface area contributed by atoms with Crippen LogP contribution < -0.4 is 10.1 Å². The molecule has 134 valence electrons. The number of pyridine rings is 1. The number of alkyl halides is 3. The second-order valence-corrected chi connectivity index (χ2v) is 5.51. The molecular weight excluding hydrogens is 345 g/mol. The van der Waals surface area contributed by atoms with Crippen LogP contribution in [0, 0.1) is 0 Å². The van der Waals surface area contributed by atoms with Gasteiger partial charge in [-0.25, -0.2) is 0 Å².